The first-order chi connectivity index (χ1) is 3.77. The molecule has 0 N–H and O–H groups in total. The van der Waals surface area contributed by atoms with Crippen molar-refractivity contribution in [2.24, 2.45) is 0 Å². The lowest BCUT2D eigenvalue weighted by atomic mass is 10.4. The predicted octanol–water partition coefficient (Wildman–Crippen LogP) is 0.615. The fourth-order valence-electron chi connectivity index (χ4n) is 0.314. The van der Waals surface area contributed by atoms with Crippen LogP contribution >= 0.6 is 0 Å². The van der Waals surface area contributed by atoms with Gasteiger partial charge in [0.25, 0.3) is 0 Å². The number of alkyl halides is 1. The largest absolute Gasteiger partial charge is 0.772 e. The average Bonchev–Trinajstić information content (AvgIpc) is 1.66. The topological polar surface area (TPSA) is 40.1 Å². The number of hydrogen-bond acceptors (Lipinski definition) is 2. The Labute approximate surface area is 50.4 Å². The van der Waals surface area contributed by atoms with Gasteiger partial charge in [0, 0.05) is 5.75 Å². The summed E-state index contributed by atoms with van der Waals surface area (Å²) in [5.41, 5.74) is 0. The molecule has 0 aromatic rings. The third-order valence-corrected chi connectivity index (χ3v) is 1.32. The molecule has 0 aliphatic rings. The summed E-state index contributed by atoms with van der Waals surface area (Å²) in [7, 11) is 0. The van der Waals surface area contributed by atoms with Crippen LogP contribution in [0.15, 0.2) is 0 Å². The molecule has 0 spiro atoms. The first-order valence-electron chi connectivity index (χ1n) is 2.39. The Morgan fingerprint density at radius 3 is 2.50 bits per heavy atom. The molecule has 0 aliphatic carbocycles. The molecule has 1 unspecified atom stereocenters. The fourth-order valence-corrected chi connectivity index (χ4v) is 0.754. The first-order valence-corrected chi connectivity index (χ1v) is 3.63. The molecule has 1 atom stereocenters. The van der Waals surface area contributed by atoms with E-state index in [1.54, 1.807) is 0 Å². The highest BCUT2D eigenvalue weighted by Gasteiger charge is 1.84. The Balaban J connectivity index is 2.82. The van der Waals surface area contributed by atoms with Gasteiger partial charge in [-0.05, 0) is 12.8 Å². The SMILES string of the molecule is O=S([O-])CCCCF. The van der Waals surface area contributed by atoms with Crippen LogP contribution in [-0.4, -0.2) is 21.2 Å². The summed E-state index contributed by atoms with van der Waals surface area (Å²) in [5.74, 6) is 0.0872. The molecule has 8 heavy (non-hydrogen) atoms. The molecule has 0 radical (unpaired) electrons. The Kier molecular flexibility index (Phi) is 5.21. The van der Waals surface area contributed by atoms with Gasteiger partial charge in [-0.1, -0.05) is 11.1 Å². The maximum Gasteiger partial charge on any atom is 0.0894 e. The molecule has 0 saturated heterocycles. The van der Waals surface area contributed by atoms with E-state index in [1.165, 1.54) is 0 Å². The highest BCUT2D eigenvalue weighted by Crippen LogP contribution is 1.89. The summed E-state index contributed by atoms with van der Waals surface area (Å²) in [6.45, 7) is -0.419. The van der Waals surface area contributed by atoms with Crippen molar-refractivity contribution in [3.8, 4) is 0 Å². The normalized spacial score (nSPS) is 13.8. The van der Waals surface area contributed by atoms with Crippen molar-refractivity contribution in [2.75, 3.05) is 12.4 Å². The lowest BCUT2D eigenvalue weighted by Crippen LogP contribution is -1.94. The molecule has 0 heterocycles. The minimum atomic E-state index is -1.98. The van der Waals surface area contributed by atoms with Gasteiger partial charge in [-0.15, -0.1) is 0 Å². The van der Waals surface area contributed by atoms with E-state index in [0.29, 0.717) is 12.8 Å². The van der Waals surface area contributed by atoms with E-state index in [1.807, 2.05) is 0 Å². The number of rotatable bonds is 4. The summed E-state index contributed by atoms with van der Waals surface area (Å²) < 4.78 is 30.7. The van der Waals surface area contributed by atoms with Gasteiger partial charge in [0.05, 0.1) is 6.67 Å². The first kappa shape index (κ1) is 8.04. The zero-order valence-corrected chi connectivity index (χ0v) is 5.25. The molecule has 0 rings (SSSR count). The predicted molar refractivity (Wildman–Crippen MR) is 29.0 cm³/mol. The monoisotopic (exact) mass is 139 g/mol. The van der Waals surface area contributed by atoms with Gasteiger partial charge in [0.15, 0.2) is 0 Å². The van der Waals surface area contributed by atoms with Crippen molar-refractivity contribution in [1.82, 2.24) is 0 Å². The Morgan fingerprint density at radius 2 is 2.12 bits per heavy atom. The van der Waals surface area contributed by atoms with Crippen LogP contribution < -0.4 is 0 Å². The van der Waals surface area contributed by atoms with E-state index in [0.717, 1.165) is 0 Å². The molecule has 0 bridgehead atoms. The lowest BCUT2D eigenvalue weighted by Gasteiger charge is -2.00. The van der Waals surface area contributed by atoms with E-state index >= 15 is 0 Å². The highest BCUT2D eigenvalue weighted by molar-refractivity contribution is 7.79. The van der Waals surface area contributed by atoms with E-state index in [9.17, 15) is 13.2 Å². The summed E-state index contributed by atoms with van der Waals surface area (Å²) in [5, 5.41) is 0. The second kappa shape index (κ2) is 5.18. The molecule has 0 aliphatic heterocycles. The second-order valence-electron chi connectivity index (χ2n) is 1.40. The third kappa shape index (κ3) is 6.04. The van der Waals surface area contributed by atoms with Gasteiger partial charge in [-0.3, -0.25) is 8.60 Å². The van der Waals surface area contributed by atoms with E-state index in [2.05, 4.69) is 0 Å². The standard InChI is InChI=1S/C4H9FO2S/c5-3-1-2-4-8(6)7/h1-4H2,(H,6,7)/p-1. The van der Waals surface area contributed by atoms with Gasteiger partial charge in [0.2, 0.25) is 0 Å². The molecular weight excluding hydrogens is 131 g/mol. The number of hydrogen-bond donors (Lipinski definition) is 0. The van der Waals surface area contributed by atoms with Gasteiger partial charge >= 0.3 is 0 Å². The Morgan fingerprint density at radius 1 is 1.50 bits per heavy atom. The summed E-state index contributed by atoms with van der Waals surface area (Å²) in [6, 6.07) is 0. The van der Waals surface area contributed by atoms with E-state index in [4.69, 9.17) is 0 Å². The van der Waals surface area contributed by atoms with Crippen molar-refractivity contribution < 1.29 is 13.2 Å². The van der Waals surface area contributed by atoms with Gasteiger partial charge in [-0.25, -0.2) is 0 Å². The Hall–Kier alpha value is 0.0400. The molecule has 0 saturated carbocycles. The molecular formula is C4H8FO2S-. The van der Waals surface area contributed by atoms with Crippen LogP contribution in [0.25, 0.3) is 0 Å². The van der Waals surface area contributed by atoms with Crippen LogP contribution in [-0.2, 0) is 11.1 Å². The number of halogens is 1. The molecule has 0 aromatic carbocycles. The van der Waals surface area contributed by atoms with Crippen LogP contribution in [0.1, 0.15) is 12.8 Å². The van der Waals surface area contributed by atoms with Crippen LogP contribution in [0, 0.1) is 0 Å². The van der Waals surface area contributed by atoms with Crippen LogP contribution in [0.2, 0.25) is 0 Å². The zero-order chi connectivity index (χ0) is 6.41. The van der Waals surface area contributed by atoms with Crippen molar-refractivity contribution in [2.45, 2.75) is 12.8 Å². The van der Waals surface area contributed by atoms with Gasteiger partial charge in [-0.2, -0.15) is 0 Å². The molecule has 0 fully saturated rings. The smallest absolute Gasteiger partial charge is 0.0894 e. The van der Waals surface area contributed by atoms with E-state index < -0.39 is 17.8 Å². The van der Waals surface area contributed by atoms with Crippen LogP contribution in [0.3, 0.4) is 0 Å². The summed E-state index contributed by atoms with van der Waals surface area (Å²) in [6.07, 6.45) is 0.792. The Bertz CT molecular complexity index is 76.4. The van der Waals surface area contributed by atoms with Crippen LogP contribution in [0.4, 0.5) is 4.39 Å². The van der Waals surface area contributed by atoms with Gasteiger partial charge < -0.3 is 4.55 Å². The quantitative estimate of drug-likeness (QED) is 0.423. The molecule has 50 valence electrons. The molecule has 2 nitrogen and oxygen atoms in total. The zero-order valence-electron chi connectivity index (χ0n) is 4.43. The minimum absolute atomic E-state index is 0.0872. The third-order valence-electron chi connectivity index (χ3n) is 0.695. The maximum absolute atomic E-state index is 11.2. The average molecular weight is 139 g/mol. The van der Waals surface area contributed by atoms with Crippen molar-refractivity contribution >= 4 is 11.1 Å². The minimum Gasteiger partial charge on any atom is -0.772 e. The van der Waals surface area contributed by atoms with Crippen molar-refractivity contribution in [1.29, 1.82) is 0 Å². The van der Waals surface area contributed by atoms with Crippen molar-refractivity contribution in [3.05, 3.63) is 0 Å². The summed E-state index contributed by atoms with van der Waals surface area (Å²) >= 11 is -1.98. The molecule has 0 amide bonds. The van der Waals surface area contributed by atoms with Crippen molar-refractivity contribution in [3.63, 3.8) is 0 Å². The second-order valence-corrected chi connectivity index (χ2v) is 2.42. The fraction of sp³-hybridized carbons (Fsp3) is 1.00. The lowest BCUT2D eigenvalue weighted by molar-refractivity contribution is 0.466. The van der Waals surface area contributed by atoms with Crippen LogP contribution in [0.5, 0.6) is 0 Å². The summed E-state index contributed by atoms with van der Waals surface area (Å²) in [4.78, 5) is 0. The number of unbranched alkanes of at least 4 members (excludes halogenated alkanes) is 1. The highest BCUT2D eigenvalue weighted by atomic mass is 32.2. The van der Waals surface area contributed by atoms with E-state index in [-0.39, 0.29) is 5.75 Å². The molecule has 0 aromatic heterocycles. The van der Waals surface area contributed by atoms with Gasteiger partial charge in [0.1, 0.15) is 0 Å². The molecule has 4 heteroatoms. The maximum atomic E-state index is 11.2.